The van der Waals surface area contributed by atoms with Crippen molar-refractivity contribution in [2.24, 2.45) is 0 Å². The number of carbonyl (C=O) groups is 1. The Balaban J connectivity index is 2.51. The zero-order chi connectivity index (χ0) is 12.9. The minimum Gasteiger partial charge on any atom is -0.352 e. The van der Waals surface area contributed by atoms with E-state index in [0.29, 0.717) is 6.42 Å². The van der Waals surface area contributed by atoms with Gasteiger partial charge in [-0.25, -0.2) is 8.42 Å². The zero-order valence-electron chi connectivity index (χ0n) is 10.4. The number of nitrogens with one attached hydrogen (secondary N) is 1. The summed E-state index contributed by atoms with van der Waals surface area (Å²) in [4.78, 5) is 11.8. The molecule has 1 aliphatic heterocycles. The second kappa shape index (κ2) is 6.64. The molecule has 0 aliphatic carbocycles. The summed E-state index contributed by atoms with van der Waals surface area (Å²) in [6.07, 6.45) is 2.44. The highest BCUT2D eigenvalue weighted by Gasteiger charge is 2.28. The van der Waals surface area contributed by atoms with Crippen LogP contribution in [0.3, 0.4) is 0 Å². The summed E-state index contributed by atoms with van der Waals surface area (Å²) < 4.78 is 23.5. The fraction of sp³-hybridized carbons (Fsp3) is 0.909. The van der Waals surface area contributed by atoms with Crippen molar-refractivity contribution in [2.75, 3.05) is 17.3 Å². The Kier molecular flexibility index (Phi) is 5.79. The first-order chi connectivity index (χ1) is 7.97. The summed E-state index contributed by atoms with van der Waals surface area (Å²) in [5.74, 6) is 1.83. The molecule has 1 rings (SSSR count). The molecule has 100 valence electrons. The second-order valence-electron chi connectivity index (χ2n) is 4.40. The first-order valence-corrected chi connectivity index (χ1v) is 8.94. The lowest BCUT2D eigenvalue weighted by atomic mass is 10.1. The Morgan fingerprint density at radius 3 is 2.53 bits per heavy atom. The van der Waals surface area contributed by atoms with Crippen molar-refractivity contribution in [1.82, 2.24) is 5.32 Å². The summed E-state index contributed by atoms with van der Waals surface area (Å²) in [6, 6.07) is 0.156. The van der Waals surface area contributed by atoms with Crippen molar-refractivity contribution in [3.05, 3.63) is 0 Å². The molecule has 1 saturated heterocycles. The van der Waals surface area contributed by atoms with Gasteiger partial charge in [0.05, 0.1) is 5.75 Å². The third kappa shape index (κ3) is 4.50. The lowest BCUT2D eigenvalue weighted by Gasteiger charge is -2.24. The van der Waals surface area contributed by atoms with E-state index in [-0.39, 0.29) is 17.7 Å². The van der Waals surface area contributed by atoms with Crippen LogP contribution in [0.4, 0.5) is 0 Å². The number of carbonyl (C=O) groups excluding carboxylic acids is 1. The molecule has 6 heteroatoms. The van der Waals surface area contributed by atoms with E-state index in [2.05, 4.69) is 5.32 Å². The Hall–Kier alpha value is -0.230. The highest BCUT2D eigenvalue weighted by molar-refractivity contribution is 7.99. The highest BCUT2D eigenvalue weighted by Crippen LogP contribution is 2.17. The number of hydrogen-bond acceptors (Lipinski definition) is 4. The summed E-state index contributed by atoms with van der Waals surface area (Å²) >= 11 is 1.88. The largest absolute Gasteiger partial charge is 0.352 e. The summed E-state index contributed by atoms with van der Waals surface area (Å²) in [5.41, 5.74) is 0. The molecule has 0 saturated carbocycles. The van der Waals surface area contributed by atoms with Gasteiger partial charge in [-0.1, -0.05) is 6.92 Å². The van der Waals surface area contributed by atoms with Gasteiger partial charge in [-0.3, -0.25) is 4.79 Å². The molecule has 0 radical (unpaired) electrons. The smallest absolute Gasteiger partial charge is 0.238 e. The van der Waals surface area contributed by atoms with Crippen molar-refractivity contribution >= 4 is 27.5 Å². The minimum absolute atomic E-state index is 0.0854. The lowest BCUT2D eigenvalue weighted by Crippen LogP contribution is -2.45. The molecule has 0 aromatic carbocycles. The molecular weight excluding hydrogens is 258 g/mol. The van der Waals surface area contributed by atoms with Gasteiger partial charge in [0, 0.05) is 6.04 Å². The number of rotatable bonds is 5. The van der Waals surface area contributed by atoms with Crippen molar-refractivity contribution in [3.63, 3.8) is 0 Å². The Morgan fingerprint density at radius 2 is 2.00 bits per heavy atom. The maximum Gasteiger partial charge on any atom is 0.238 e. The zero-order valence-corrected chi connectivity index (χ0v) is 12.1. The molecule has 1 fully saturated rings. The molecule has 0 aromatic rings. The fourth-order valence-electron chi connectivity index (χ4n) is 1.78. The predicted molar refractivity (Wildman–Crippen MR) is 72.0 cm³/mol. The van der Waals surface area contributed by atoms with Crippen LogP contribution in [-0.2, 0) is 14.6 Å². The predicted octanol–water partition coefficient (Wildman–Crippen LogP) is 1.21. The third-order valence-electron chi connectivity index (χ3n) is 2.96. The van der Waals surface area contributed by atoms with E-state index in [0.717, 1.165) is 24.3 Å². The molecule has 0 aromatic heterocycles. The summed E-state index contributed by atoms with van der Waals surface area (Å²) in [6.45, 7) is 3.29. The average molecular weight is 279 g/mol. The Bertz CT molecular complexity index is 348. The van der Waals surface area contributed by atoms with Gasteiger partial charge in [-0.15, -0.1) is 0 Å². The molecule has 1 heterocycles. The number of amides is 1. The van der Waals surface area contributed by atoms with Crippen LogP contribution in [0.5, 0.6) is 0 Å². The molecule has 1 amide bonds. The van der Waals surface area contributed by atoms with Crippen LogP contribution in [0.2, 0.25) is 0 Å². The SMILES string of the molecule is CCCS(=O)(=O)[C@H](C)C(=O)NC1CCSCC1. The van der Waals surface area contributed by atoms with E-state index in [4.69, 9.17) is 0 Å². The van der Waals surface area contributed by atoms with Crippen LogP contribution >= 0.6 is 11.8 Å². The number of hydrogen-bond donors (Lipinski definition) is 1. The van der Waals surface area contributed by atoms with E-state index in [1.54, 1.807) is 6.92 Å². The number of thioether (sulfide) groups is 1. The molecule has 17 heavy (non-hydrogen) atoms. The lowest BCUT2D eigenvalue weighted by molar-refractivity contribution is -0.121. The molecule has 1 aliphatic rings. The highest BCUT2D eigenvalue weighted by atomic mass is 32.2. The number of sulfone groups is 1. The van der Waals surface area contributed by atoms with Gasteiger partial charge in [-0.2, -0.15) is 11.8 Å². The van der Waals surface area contributed by atoms with Crippen LogP contribution in [-0.4, -0.2) is 42.9 Å². The molecule has 1 atom stereocenters. The van der Waals surface area contributed by atoms with Crippen LogP contribution < -0.4 is 5.32 Å². The van der Waals surface area contributed by atoms with Gasteiger partial charge < -0.3 is 5.32 Å². The monoisotopic (exact) mass is 279 g/mol. The van der Waals surface area contributed by atoms with Crippen molar-refractivity contribution < 1.29 is 13.2 Å². The first kappa shape index (κ1) is 14.8. The van der Waals surface area contributed by atoms with Crippen LogP contribution in [0.15, 0.2) is 0 Å². The second-order valence-corrected chi connectivity index (χ2v) is 8.07. The van der Waals surface area contributed by atoms with E-state index >= 15 is 0 Å². The third-order valence-corrected chi connectivity index (χ3v) is 6.28. The maximum atomic E-state index is 11.8. The Labute approximate surface area is 108 Å². The average Bonchev–Trinajstić information content (AvgIpc) is 2.29. The molecule has 1 N–H and O–H groups in total. The normalized spacial score (nSPS) is 19.9. The quantitative estimate of drug-likeness (QED) is 0.821. The molecule has 0 unspecified atom stereocenters. The fourth-order valence-corrected chi connectivity index (χ4v) is 4.21. The van der Waals surface area contributed by atoms with Gasteiger partial charge in [0.1, 0.15) is 5.25 Å². The maximum absolute atomic E-state index is 11.8. The van der Waals surface area contributed by atoms with E-state index in [9.17, 15) is 13.2 Å². The van der Waals surface area contributed by atoms with E-state index in [1.165, 1.54) is 6.92 Å². The van der Waals surface area contributed by atoms with Gasteiger partial charge in [0.2, 0.25) is 5.91 Å². The van der Waals surface area contributed by atoms with Crippen LogP contribution in [0, 0.1) is 0 Å². The molecule has 0 bridgehead atoms. The van der Waals surface area contributed by atoms with E-state index < -0.39 is 15.1 Å². The Morgan fingerprint density at radius 1 is 1.41 bits per heavy atom. The van der Waals surface area contributed by atoms with Gasteiger partial charge in [0.15, 0.2) is 9.84 Å². The van der Waals surface area contributed by atoms with Crippen molar-refractivity contribution in [1.29, 1.82) is 0 Å². The van der Waals surface area contributed by atoms with Gasteiger partial charge >= 0.3 is 0 Å². The molecular formula is C11H21NO3S2. The minimum atomic E-state index is -3.28. The topological polar surface area (TPSA) is 63.2 Å². The van der Waals surface area contributed by atoms with E-state index in [1.807, 2.05) is 11.8 Å². The molecule has 0 spiro atoms. The summed E-state index contributed by atoms with van der Waals surface area (Å²) in [7, 11) is -3.28. The van der Waals surface area contributed by atoms with Gasteiger partial charge in [-0.05, 0) is 37.7 Å². The van der Waals surface area contributed by atoms with Crippen molar-refractivity contribution in [2.45, 2.75) is 44.4 Å². The van der Waals surface area contributed by atoms with Crippen molar-refractivity contribution in [3.8, 4) is 0 Å². The molecule has 4 nitrogen and oxygen atoms in total. The van der Waals surface area contributed by atoms with Gasteiger partial charge in [0.25, 0.3) is 0 Å². The first-order valence-electron chi connectivity index (χ1n) is 6.07. The van der Waals surface area contributed by atoms with Crippen LogP contribution in [0.1, 0.15) is 33.1 Å². The summed E-state index contributed by atoms with van der Waals surface area (Å²) in [5, 5.41) is 1.93. The standard InChI is InChI=1S/C11H21NO3S2/c1-3-8-17(14,15)9(2)11(13)12-10-4-6-16-7-5-10/h9-10H,3-8H2,1-2H3,(H,12,13)/t9-/m1/s1. The van der Waals surface area contributed by atoms with Crippen LogP contribution in [0.25, 0.3) is 0 Å².